The van der Waals surface area contributed by atoms with E-state index in [4.69, 9.17) is 81.5 Å². The van der Waals surface area contributed by atoms with E-state index in [0.717, 1.165) is 96.1 Å². The maximum atomic E-state index is 12.4. The molecule has 3 aliphatic heterocycles. The van der Waals surface area contributed by atoms with E-state index in [9.17, 15) is 33.6 Å². The molecule has 1 aliphatic carbocycles. The van der Waals surface area contributed by atoms with Gasteiger partial charge in [0.25, 0.3) is 0 Å². The maximum absolute atomic E-state index is 12.4. The minimum absolute atomic E-state index is 0. The van der Waals surface area contributed by atoms with Crippen LogP contribution in [0.1, 0.15) is 244 Å². The van der Waals surface area contributed by atoms with Crippen LogP contribution in [0.2, 0.25) is 156 Å². The summed E-state index contributed by atoms with van der Waals surface area (Å²) in [4.78, 5) is 81.9. The molecule has 35 heteroatoms. The molecule has 4 fully saturated rings. The predicted molar refractivity (Wildman–Crippen MR) is 538 cm³/mol. The topological polar surface area (TPSA) is 301 Å². The average molecular weight is 1960 g/mol. The Balaban J connectivity index is -0.000000350. The average Bonchev–Trinajstić information content (AvgIpc) is 1.60. The van der Waals surface area contributed by atoms with Gasteiger partial charge in [0.1, 0.15) is 45.2 Å². The van der Waals surface area contributed by atoms with E-state index in [1.165, 1.54) is 19.3 Å². The van der Waals surface area contributed by atoms with Gasteiger partial charge < -0.3 is 86.9 Å². The van der Waals surface area contributed by atoms with E-state index in [-0.39, 0.29) is 131 Å². The van der Waals surface area contributed by atoms with Crippen LogP contribution < -0.4 is 5.32 Å². The van der Waals surface area contributed by atoms with Gasteiger partial charge in [0.15, 0.2) is 64.0 Å². The van der Waals surface area contributed by atoms with Crippen molar-refractivity contribution in [1.29, 1.82) is 0 Å². The van der Waals surface area contributed by atoms with Crippen LogP contribution in [0.15, 0.2) is 0 Å². The monoisotopic (exact) mass is 1960 g/mol. The number of hydrogen-bond donors (Lipinski definition) is 1. The van der Waals surface area contributed by atoms with Crippen molar-refractivity contribution >= 4 is 117 Å². The molecule has 4 atom stereocenters. The van der Waals surface area contributed by atoms with Crippen LogP contribution in [0.25, 0.3) is 0 Å². The first-order valence-corrected chi connectivity index (χ1v) is 73.8. The third kappa shape index (κ3) is 63.7. The number of ether oxygens (including phenoxy) is 12. The highest BCUT2D eigenvalue weighted by Gasteiger charge is 2.53. The van der Waals surface area contributed by atoms with Crippen LogP contribution in [0.3, 0.4) is 0 Å². The molecule has 3 heterocycles. The summed E-state index contributed by atoms with van der Waals surface area (Å²) in [7, 11) is -17.4. The summed E-state index contributed by atoms with van der Waals surface area (Å²) >= 11 is 0. The fourth-order valence-electron chi connectivity index (χ4n) is 11.9. The summed E-state index contributed by atoms with van der Waals surface area (Å²) in [6, 6.07) is 2.75. The van der Waals surface area contributed by atoms with E-state index in [1.54, 1.807) is 0 Å². The molecule has 0 aromatic heterocycles. The van der Waals surface area contributed by atoms with Gasteiger partial charge in [0.05, 0.1) is 91.7 Å². The zero-order chi connectivity index (χ0) is 94.9. The number of hydrogen-bond acceptors (Lipinski definition) is 25. The summed E-state index contributed by atoms with van der Waals surface area (Å²) in [5.74, 6) is -1.22. The molecule has 26 nitrogen and oxygen atoms in total. The second-order valence-corrected chi connectivity index (χ2v) is 81.1. The number of amides is 1. The predicted octanol–water partition coefficient (Wildman–Crippen LogP) is 23.7. The lowest BCUT2D eigenvalue weighted by Gasteiger charge is -2.44. The van der Waals surface area contributed by atoms with Gasteiger partial charge >= 0.3 is 59.3 Å². The number of alkyl carbamates (subject to hydrolysis) is 1. The van der Waals surface area contributed by atoms with E-state index >= 15 is 0 Å². The van der Waals surface area contributed by atoms with Gasteiger partial charge in [-0.15, -0.1) is 0 Å². The molecule has 126 heavy (non-hydrogen) atoms. The van der Waals surface area contributed by atoms with Crippen molar-refractivity contribution in [3.8, 4) is 0 Å². The van der Waals surface area contributed by atoms with Gasteiger partial charge in [-0.05, 0) is 282 Å². The van der Waals surface area contributed by atoms with E-state index in [2.05, 4.69) is 150 Å². The molecule has 754 valence electrons. The third-order valence-electron chi connectivity index (χ3n) is 20.8. The van der Waals surface area contributed by atoms with Crippen molar-refractivity contribution in [2.75, 3.05) is 92.4 Å². The number of carbonyl (C=O) groups excluding carboxylic acids is 7. The van der Waals surface area contributed by atoms with Crippen LogP contribution in [0.5, 0.6) is 0 Å². The Morgan fingerprint density at radius 1 is 0.413 bits per heavy atom. The van der Waals surface area contributed by atoms with Crippen molar-refractivity contribution in [3.05, 3.63) is 0 Å². The fraction of sp³-hybridized carbons (Fsp3) is 0.923. The Kier molecular flexibility index (Phi) is 65.6. The lowest BCUT2D eigenvalue weighted by Crippen LogP contribution is -2.62. The SMILES string of the molecule is C.C.C.C.CCC(C)(C)C(=O)OCC1CO1.CCC(C)(C)C(=O)OCCC[Si](C)(C)O[Si](C)(C)C.CCC(C)(C)C(=O)OCCC[Si](O[Si](C)(C)C)(O[Si](C)(C)C)O[Si](C)(C)O[Si](C)(C)C.CCC(C)(C)C(=O)OCCNC(=O)OCCOCCC[Si](C)(C)O[Si](C)(C)C.CCC(C)C(=O)OCC1(CC)COC1.CCC(C)C(=O)OCC1COC2(CCCCC2)O1. The van der Waals surface area contributed by atoms with Gasteiger partial charge in [-0.2, -0.15) is 0 Å². The summed E-state index contributed by atoms with van der Waals surface area (Å²) < 4.78 is 103. The normalized spacial score (nSPS) is 16.9. The molecule has 1 N–H and O–H groups in total. The largest absolute Gasteiger partial charge is 0.471 e. The molecule has 4 rings (SSSR count). The number of rotatable bonds is 49. The van der Waals surface area contributed by atoms with Gasteiger partial charge in [0.2, 0.25) is 0 Å². The molecule has 0 aromatic carbocycles. The Morgan fingerprint density at radius 2 is 0.786 bits per heavy atom. The lowest BCUT2D eigenvalue weighted by atomic mass is 9.84. The molecular formula is C91H199NO25Si9. The van der Waals surface area contributed by atoms with Gasteiger partial charge in [-0.3, -0.25) is 28.8 Å². The van der Waals surface area contributed by atoms with Crippen LogP contribution in [-0.4, -0.2) is 228 Å². The fourth-order valence-corrected chi connectivity index (χ4v) is 48.3. The first-order chi connectivity index (χ1) is 55.5. The summed E-state index contributed by atoms with van der Waals surface area (Å²) in [5.41, 5.74) is -1.56. The molecule has 0 bridgehead atoms. The third-order valence-corrected chi connectivity index (χ3v) is 49.2. The molecule has 1 spiro atoms. The molecule has 0 radical (unpaired) electrons. The Bertz CT molecular complexity index is 2960. The molecule has 4 aliphatic rings. The molecule has 4 unspecified atom stereocenters. The van der Waals surface area contributed by atoms with Crippen molar-refractivity contribution in [2.45, 2.75) is 417 Å². The van der Waals surface area contributed by atoms with Crippen LogP contribution in [0, 0.1) is 38.9 Å². The summed E-state index contributed by atoms with van der Waals surface area (Å²) in [6.07, 6.45) is 13.3. The Hall–Kier alpha value is -2.40. The van der Waals surface area contributed by atoms with Crippen molar-refractivity contribution in [2.24, 2.45) is 38.9 Å². The van der Waals surface area contributed by atoms with Crippen LogP contribution in [0.4, 0.5) is 4.79 Å². The molecule has 1 saturated carbocycles. The molecule has 1 amide bonds. The van der Waals surface area contributed by atoms with E-state index < -0.39 is 92.5 Å². The van der Waals surface area contributed by atoms with Gasteiger partial charge in [-0.25, -0.2) is 4.79 Å². The quantitative estimate of drug-likeness (QED) is 0.0194. The number of epoxide rings is 1. The van der Waals surface area contributed by atoms with E-state index in [1.807, 2.05) is 111 Å². The second kappa shape index (κ2) is 61.6. The van der Waals surface area contributed by atoms with Crippen LogP contribution >= 0.6 is 0 Å². The van der Waals surface area contributed by atoms with Crippen molar-refractivity contribution in [1.82, 2.24) is 5.32 Å². The van der Waals surface area contributed by atoms with Crippen molar-refractivity contribution in [3.63, 3.8) is 0 Å². The lowest BCUT2D eigenvalue weighted by molar-refractivity contribution is -0.193. The number of esters is 6. The molecular weight excluding hydrogens is 1760 g/mol. The molecule has 3 saturated heterocycles. The first kappa shape index (κ1) is 134. The minimum atomic E-state index is -3.04. The van der Waals surface area contributed by atoms with Crippen molar-refractivity contribution < 1.29 is 115 Å². The molecule has 0 aromatic rings. The highest BCUT2D eigenvalue weighted by atomic mass is 28.5. The Morgan fingerprint density at radius 3 is 1.15 bits per heavy atom. The summed E-state index contributed by atoms with van der Waals surface area (Å²) in [5, 5.41) is 2.55. The minimum Gasteiger partial charge on any atom is -0.465 e. The highest BCUT2D eigenvalue weighted by Crippen LogP contribution is 2.39. The highest BCUT2D eigenvalue weighted by molar-refractivity contribution is 6.91. The van der Waals surface area contributed by atoms with Crippen LogP contribution in [-0.2, 0) is 110 Å². The second-order valence-electron chi connectivity index (χ2n) is 42.4. The Labute approximate surface area is 781 Å². The first-order valence-electron chi connectivity index (χ1n) is 45.8. The standard InChI is InChI=1S/C20H50O6Si5.C19H41NO6Si2.C14H24O4.C14H32O3Si2.C11H20O3.C9H16O3.4CH4/c1-15-20(2,3)19(21)22-17-16-18-31(24-28(7,8)9,25-29(10,11)12)26-30(13,14)23-27(4,5)6;1-9-19(2,3)17(21)24-13-11-20-18(22)25-15-14-23-12-10-16-28(7,8)26-27(4,5)6;1-3-11(2)13(15)16-9-12-10-17-14(18-12)7-5-4-6-8-14;1-9-14(2,3)13(15)16-11-10-12-19(7,8)17-18(4,5)6;1-4-9(3)10(12)14-8-11(5-2)6-13-7-11;1-4-9(2,3)8(10)12-6-7-5-11-7;;;;/h15-18H2,1-14H3;9-16H2,1-8H3,(H,20,22);11-12H,3-10H2,1-2H3;9-12H2,1-8H3;9H,4-8H2,1-3H3;7H,4-6H2,1-3H3;4*1H4. The van der Waals surface area contributed by atoms with Gasteiger partial charge in [0, 0.05) is 25.5 Å². The maximum Gasteiger partial charge on any atom is 0.471 e. The zero-order valence-corrected chi connectivity index (χ0v) is 93.6. The smallest absolute Gasteiger partial charge is 0.465 e. The van der Waals surface area contributed by atoms with E-state index in [0.29, 0.717) is 71.7 Å². The summed E-state index contributed by atoms with van der Waals surface area (Å²) in [6.45, 7) is 85.5. The van der Waals surface area contributed by atoms with Gasteiger partial charge in [-0.1, -0.05) is 98.4 Å². The number of carbonyl (C=O) groups is 7. The number of nitrogens with one attached hydrogen (secondary N) is 1. The zero-order valence-electron chi connectivity index (χ0n) is 84.6.